The molecular formula is C14H18N2O. The van der Waals surface area contributed by atoms with Gasteiger partial charge in [0.1, 0.15) is 11.3 Å². The van der Waals surface area contributed by atoms with Gasteiger partial charge in [-0.3, -0.25) is 0 Å². The Balaban J connectivity index is 1.65. The number of likely N-dealkylation sites (tertiary alicyclic amines) is 1. The van der Waals surface area contributed by atoms with Crippen molar-refractivity contribution in [1.82, 2.24) is 10.2 Å². The quantitative estimate of drug-likeness (QED) is 0.876. The topological polar surface area (TPSA) is 28.4 Å². The third-order valence-corrected chi connectivity index (χ3v) is 3.43. The fourth-order valence-electron chi connectivity index (χ4n) is 2.47. The van der Waals surface area contributed by atoms with Gasteiger partial charge >= 0.3 is 0 Å². The molecule has 1 aromatic heterocycles. The van der Waals surface area contributed by atoms with Crippen LogP contribution in [-0.2, 0) is 6.54 Å². The zero-order chi connectivity index (χ0) is 11.7. The van der Waals surface area contributed by atoms with Gasteiger partial charge in [-0.15, -0.1) is 0 Å². The van der Waals surface area contributed by atoms with Crippen LogP contribution in [-0.4, -0.2) is 31.1 Å². The molecule has 3 rings (SSSR count). The Kier molecular flexibility index (Phi) is 2.87. The van der Waals surface area contributed by atoms with Crippen molar-refractivity contribution in [3.05, 3.63) is 36.1 Å². The van der Waals surface area contributed by atoms with E-state index in [1.54, 1.807) is 0 Å². The largest absolute Gasteiger partial charge is 0.460 e. The lowest BCUT2D eigenvalue weighted by atomic mass is 10.2. The number of furan rings is 1. The molecule has 1 aliphatic rings. The summed E-state index contributed by atoms with van der Waals surface area (Å²) < 4.78 is 5.78. The summed E-state index contributed by atoms with van der Waals surface area (Å²) >= 11 is 0. The monoisotopic (exact) mass is 230 g/mol. The summed E-state index contributed by atoms with van der Waals surface area (Å²) in [6, 6.07) is 10.9. The first-order valence-corrected chi connectivity index (χ1v) is 6.20. The lowest BCUT2D eigenvalue weighted by molar-refractivity contribution is 0.392. The number of hydrogen-bond donors (Lipinski definition) is 1. The summed E-state index contributed by atoms with van der Waals surface area (Å²) in [4.78, 5) is 2.36. The van der Waals surface area contributed by atoms with Crippen molar-refractivity contribution in [2.75, 3.05) is 20.1 Å². The molecule has 1 aliphatic heterocycles. The highest BCUT2D eigenvalue weighted by atomic mass is 16.3. The van der Waals surface area contributed by atoms with Crippen molar-refractivity contribution >= 4 is 11.0 Å². The lowest BCUT2D eigenvalue weighted by Crippen LogP contribution is -2.30. The predicted octanol–water partition coefficient (Wildman–Crippen LogP) is 2.23. The minimum atomic E-state index is 0.605. The molecule has 0 radical (unpaired) electrons. The number of nitrogens with one attached hydrogen (secondary N) is 1. The fraction of sp³-hybridized carbons (Fsp3) is 0.429. The van der Waals surface area contributed by atoms with Crippen molar-refractivity contribution in [3.63, 3.8) is 0 Å². The first-order chi connectivity index (χ1) is 8.31. The van der Waals surface area contributed by atoms with E-state index in [0.717, 1.165) is 24.4 Å². The van der Waals surface area contributed by atoms with Gasteiger partial charge in [0.25, 0.3) is 0 Å². The van der Waals surface area contributed by atoms with Crippen LogP contribution in [0.1, 0.15) is 12.2 Å². The maximum absolute atomic E-state index is 5.78. The maximum Gasteiger partial charge on any atom is 0.134 e. The summed E-state index contributed by atoms with van der Waals surface area (Å²) in [5.74, 6) is 1.03. The van der Waals surface area contributed by atoms with E-state index in [2.05, 4.69) is 29.4 Å². The molecule has 90 valence electrons. The highest BCUT2D eigenvalue weighted by molar-refractivity contribution is 5.77. The van der Waals surface area contributed by atoms with Crippen LogP contribution in [0.2, 0.25) is 0 Å². The minimum Gasteiger partial charge on any atom is -0.460 e. The molecule has 3 heteroatoms. The molecule has 1 unspecified atom stereocenters. The van der Waals surface area contributed by atoms with Gasteiger partial charge in [-0.2, -0.15) is 0 Å². The Morgan fingerprint density at radius 3 is 3.06 bits per heavy atom. The highest BCUT2D eigenvalue weighted by Crippen LogP contribution is 2.19. The average molecular weight is 230 g/mol. The Bertz CT molecular complexity index is 473. The van der Waals surface area contributed by atoms with Crippen molar-refractivity contribution in [2.24, 2.45) is 0 Å². The van der Waals surface area contributed by atoms with Gasteiger partial charge in [-0.1, -0.05) is 18.2 Å². The summed E-state index contributed by atoms with van der Waals surface area (Å²) in [5, 5.41) is 4.74. The molecule has 1 fully saturated rings. The van der Waals surface area contributed by atoms with Crippen LogP contribution in [0.4, 0.5) is 0 Å². The minimum absolute atomic E-state index is 0.605. The van der Waals surface area contributed by atoms with E-state index in [-0.39, 0.29) is 0 Å². The molecule has 0 spiro atoms. The Morgan fingerprint density at radius 2 is 2.29 bits per heavy atom. The molecule has 0 saturated carbocycles. The van der Waals surface area contributed by atoms with E-state index in [1.807, 2.05) is 18.2 Å². The van der Waals surface area contributed by atoms with Gasteiger partial charge < -0.3 is 14.6 Å². The first-order valence-electron chi connectivity index (χ1n) is 6.20. The molecule has 1 N–H and O–H groups in total. The van der Waals surface area contributed by atoms with Crippen LogP contribution in [0.15, 0.2) is 34.7 Å². The molecule has 0 bridgehead atoms. The predicted molar refractivity (Wildman–Crippen MR) is 69.0 cm³/mol. The number of fused-ring (bicyclic) bond motifs is 1. The molecule has 0 aliphatic carbocycles. The number of rotatable bonds is 3. The second kappa shape index (κ2) is 4.51. The molecule has 1 atom stereocenters. The van der Waals surface area contributed by atoms with Gasteiger partial charge in [-0.25, -0.2) is 0 Å². The van der Waals surface area contributed by atoms with E-state index < -0.39 is 0 Å². The van der Waals surface area contributed by atoms with Crippen molar-refractivity contribution in [2.45, 2.75) is 19.0 Å². The Labute approximate surface area is 101 Å². The van der Waals surface area contributed by atoms with Crippen LogP contribution < -0.4 is 5.32 Å². The summed E-state index contributed by atoms with van der Waals surface area (Å²) in [7, 11) is 2.17. The zero-order valence-electron chi connectivity index (χ0n) is 10.1. The zero-order valence-corrected chi connectivity index (χ0v) is 10.1. The van der Waals surface area contributed by atoms with Gasteiger partial charge in [0.2, 0.25) is 0 Å². The van der Waals surface area contributed by atoms with Crippen LogP contribution in [0, 0.1) is 0 Å². The molecule has 1 aromatic carbocycles. The van der Waals surface area contributed by atoms with Crippen LogP contribution in [0.5, 0.6) is 0 Å². The van der Waals surface area contributed by atoms with E-state index in [1.165, 1.54) is 18.4 Å². The van der Waals surface area contributed by atoms with Crippen LogP contribution >= 0.6 is 0 Å². The van der Waals surface area contributed by atoms with E-state index >= 15 is 0 Å². The number of nitrogens with zero attached hydrogens (tertiary/aromatic N) is 1. The normalized spacial score (nSPS) is 21.4. The highest BCUT2D eigenvalue weighted by Gasteiger charge is 2.18. The fourth-order valence-corrected chi connectivity index (χ4v) is 2.47. The van der Waals surface area contributed by atoms with Gasteiger partial charge in [0.15, 0.2) is 0 Å². The molecule has 1 saturated heterocycles. The number of likely N-dealkylation sites (N-methyl/N-ethyl adjacent to an activating group) is 1. The lowest BCUT2D eigenvalue weighted by Gasteiger charge is -2.11. The third kappa shape index (κ3) is 2.35. The molecule has 2 aromatic rings. The number of hydrogen-bond acceptors (Lipinski definition) is 3. The second-order valence-electron chi connectivity index (χ2n) is 4.88. The van der Waals surface area contributed by atoms with E-state index in [9.17, 15) is 0 Å². The Morgan fingerprint density at radius 1 is 1.41 bits per heavy atom. The molecule has 3 nitrogen and oxygen atoms in total. The molecule has 0 amide bonds. The summed E-state index contributed by atoms with van der Waals surface area (Å²) in [6.07, 6.45) is 1.23. The molecule has 17 heavy (non-hydrogen) atoms. The summed E-state index contributed by atoms with van der Waals surface area (Å²) in [6.45, 7) is 3.16. The number of benzene rings is 1. The van der Waals surface area contributed by atoms with E-state index in [4.69, 9.17) is 4.42 Å². The standard InChI is InChI=1S/C14H18N2O/c1-16-7-6-12(10-16)15-9-13-8-11-4-2-3-5-14(11)17-13/h2-5,8,12,15H,6-7,9-10H2,1H3. The summed E-state index contributed by atoms with van der Waals surface area (Å²) in [5.41, 5.74) is 0.979. The van der Waals surface area contributed by atoms with Crippen molar-refractivity contribution in [3.8, 4) is 0 Å². The first kappa shape index (κ1) is 10.8. The number of para-hydroxylation sites is 1. The average Bonchev–Trinajstić information content (AvgIpc) is 2.91. The third-order valence-electron chi connectivity index (χ3n) is 3.43. The second-order valence-corrected chi connectivity index (χ2v) is 4.88. The smallest absolute Gasteiger partial charge is 0.134 e. The Hall–Kier alpha value is -1.32. The van der Waals surface area contributed by atoms with Crippen molar-refractivity contribution in [1.29, 1.82) is 0 Å². The maximum atomic E-state index is 5.78. The van der Waals surface area contributed by atoms with Crippen LogP contribution in [0.3, 0.4) is 0 Å². The van der Waals surface area contributed by atoms with Crippen LogP contribution in [0.25, 0.3) is 11.0 Å². The molecular weight excluding hydrogens is 212 g/mol. The van der Waals surface area contributed by atoms with E-state index in [0.29, 0.717) is 6.04 Å². The van der Waals surface area contributed by atoms with Gasteiger partial charge in [0.05, 0.1) is 6.54 Å². The SMILES string of the molecule is CN1CCC(NCc2cc3ccccc3o2)C1. The van der Waals surface area contributed by atoms with Gasteiger partial charge in [-0.05, 0) is 32.1 Å². The van der Waals surface area contributed by atoms with Crippen molar-refractivity contribution < 1.29 is 4.42 Å². The van der Waals surface area contributed by atoms with Gasteiger partial charge in [0, 0.05) is 18.0 Å². The molecule has 2 heterocycles.